The van der Waals surface area contributed by atoms with Gasteiger partial charge in [0.15, 0.2) is 7.85 Å². The number of aliphatic hydroxyl groups is 1. The third-order valence-electron chi connectivity index (χ3n) is 2.83. The number of benzene rings is 1. The molecule has 1 heterocycles. The first-order chi connectivity index (χ1) is 9.82. The van der Waals surface area contributed by atoms with Gasteiger partial charge in [-0.1, -0.05) is 18.2 Å². The summed E-state index contributed by atoms with van der Waals surface area (Å²) in [7, 11) is 5.64. The Morgan fingerprint density at radius 1 is 1.33 bits per heavy atom. The predicted octanol–water partition coefficient (Wildman–Crippen LogP) is 2.76. The van der Waals surface area contributed by atoms with Gasteiger partial charge in [0.05, 0.1) is 11.2 Å². The maximum Gasteiger partial charge on any atom is 0.416 e. The van der Waals surface area contributed by atoms with Crippen molar-refractivity contribution in [2.24, 2.45) is 0 Å². The minimum atomic E-state index is -4.40. The van der Waals surface area contributed by atoms with E-state index >= 15 is 0 Å². The number of hydrogen-bond acceptors (Lipinski definition) is 3. The summed E-state index contributed by atoms with van der Waals surface area (Å²) in [5.74, 6) is 0.00213. The number of aromatic nitrogens is 1. The van der Waals surface area contributed by atoms with Crippen LogP contribution in [0.4, 0.5) is 13.2 Å². The molecule has 2 aromatic rings. The van der Waals surface area contributed by atoms with Crippen molar-refractivity contribution in [1.29, 1.82) is 0 Å². The van der Waals surface area contributed by atoms with Gasteiger partial charge in [-0.15, -0.1) is 6.58 Å². The smallest absolute Gasteiger partial charge is 0.416 e. The summed E-state index contributed by atoms with van der Waals surface area (Å²) in [6.07, 6.45) is -3.68. The van der Waals surface area contributed by atoms with Crippen LogP contribution in [0.3, 0.4) is 0 Å². The Hall–Kier alpha value is -2.02. The maximum absolute atomic E-state index is 12.5. The predicted molar refractivity (Wildman–Crippen MR) is 72.1 cm³/mol. The molecule has 1 aromatic heterocycles. The second-order valence-corrected chi connectivity index (χ2v) is 4.38. The zero-order valence-electron chi connectivity index (χ0n) is 10.9. The van der Waals surface area contributed by atoms with Crippen molar-refractivity contribution in [3.05, 3.63) is 48.4 Å². The van der Waals surface area contributed by atoms with Gasteiger partial charge in [0.25, 0.3) is 0 Å². The number of aliphatic hydroxyl groups excluding tert-OH is 1. The quantitative estimate of drug-likeness (QED) is 0.696. The van der Waals surface area contributed by atoms with Crippen LogP contribution in [0.25, 0.3) is 11.3 Å². The Bertz CT molecular complexity index is 635. The van der Waals surface area contributed by atoms with Gasteiger partial charge in [0, 0.05) is 5.56 Å². The lowest BCUT2D eigenvalue weighted by Crippen LogP contribution is -2.05. The highest BCUT2D eigenvalue weighted by Gasteiger charge is 2.30. The fourth-order valence-electron chi connectivity index (χ4n) is 1.77. The van der Waals surface area contributed by atoms with E-state index in [-0.39, 0.29) is 23.7 Å². The first kappa shape index (κ1) is 15.4. The van der Waals surface area contributed by atoms with Crippen molar-refractivity contribution >= 4 is 13.5 Å². The number of rotatable bonds is 4. The Morgan fingerprint density at radius 2 is 1.95 bits per heavy atom. The van der Waals surface area contributed by atoms with Crippen LogP contribution in [0.1, 0.15) is 24.0 Å². The van der Waals surface area contributed by atoms with Crippen molar-refractivity contribution in [1.82, 2.24) is 4.98 Å². The van der Waals surface area contributed by atoms with Gasteiger partial charge >= 0.3 is 6.18 Å². The van der Waals surface area contributed by atoms with Crippen LogP contribution in [0.5, 0.6) is 0 Å². The molecule has 108 valence electrons. The molecule has 0 aliphatic carbocycles. The van der Waals surface area contributed by atoms with Gasteiger partial charge in [-0.25, -0.2) is 4.98 Å². The summed E-state index contributed by atoms with van der Waals surface area (Å²) in [6, 6.07) is 4.37. The van der Waals surface area contributed by atoms with Crippen LogP contribution in [-0.4, -0.2) is 17.9 Å². The molecule has 2 rings (SSSR count). The molecule has 0 aliphatic rings. The molecular formula is C14H11BF3NO2. The summed E-state index contributed by atoms with van der Waals surface area (Å²) >= 11 is 0. The lowest BCUT2D eigenvalue weighted by Gasteiger charge is -2.06. The highest BCUT2D eigenvalue weighted by Crippen LogP contribution is 2.30. The molecule has 1 atom stereocenters. The number of alkyl halides is 3. The van der Waals surface area contributed by atoms with E-state index in [0.29, 0.717) is 5.56 Å². The van der Waals surface area contributed by atoms with Crippen LogP contribution >= 0.6 is 0 Å². The zero-order chi connectivity index (χ0) is 15.6. The molecule has 2 radical (unpaired) electrons. The van der Waals surface area contributed by atoms with Crippen molar-refractivity contribution in [3.63, 3.8) is 0 Å². The zero-order valence-corrected chi connectivity index (χ0v) is 10.9. The molecule has 0 saturated heterocycles. The van der Waals surface area contributed by atoms with Gasteiger partial charge in [0.1, 0.15) is 11.8 Å². The minimum Gasteiger partial charge on any atom is -0.454 e. The molecule has 0 spiro atoms. The third kappa shape index (κ3) is 3.36. The van der Waals surface area contributed by atoms with Crippen molar-refractivity contribution in [3.8, 4) is 11.3 Å². The number of nitrogens with zero attached hydrogens (tertiary/aromatic N) is 1. The van der Waals surface area contributed by atoms with Gasteiger partial charge < -0.3 is 9.52 Å². The molecule has 3 nitrogen and oxygen atoms in total. The fourth-order valence-corrected chi connectivity index (χ4v) is 1.77. The summed E-state index contributed by atoms with van der Waals surface area (Å²) in [5, 5.41) is 9.72. The van der Waals surface area contributed by atoms with E-state index in [9.17, 15) is 18.3 Å². The van der Waals surface area contributed by atoms with Gasteiger partial charge in [-0.3, -0.25) is 0 Å². The van der Waals surface area contributed by atoms with E-state index in [2.05, 4.69) is 11.6 Å². The molecule has 0 amide bonds. The topological polar surface area (TPSA) is 46.3 Å². The van der Waals surface area contributed by atoms with Crippen molar-refractivity contribution in [2.45, 2.75) is 18.7 Å². The van der Waals surface area contributed by atoms with E-state index in [1.807, 2.05) is 0 Å². The van der Waals surface area contributed by atoms with Crippen LogP contribution in [0, 0.1) is 0 Å². The summed E-state index contributed by atoms with van der Waals surface area (Å²) in [6.45, 7) is 3.48. The van der Waals surface area contributed by atoms with Gasteiger partial charge in [-0.05, 0) is 18.6 Å². The summed E-state index contributed by atoms with van der Waals surface area (Å²) < 4.78 is 42.6. The Kier molecular flexibility index (Phi) is 4.23. The van der Waals surface area contributed by atoms with Crippen LogP contribution in [-0.2, 0) is 6.18 Å². The molecule has 1 aromatic carbocycles. The highest BCUT2D eigenvalue weighted by molar-refractivity contribution is 6.33. The molecule has 0 aliphatic heterocycles. The molecule has 21 heavy (non-hydrogen) atoms. The lowest BCUT2D eigenvalue weighted by atomic mass is 9.98. The largest absolute Gasteiger partial charge is 0.454 e. The minimum absolute atomic E-state index is 0.00213. The van der Waals surface area contributed by atoms with Gasteiger partial charge in [0.2, 0.25) is 5.89 Å². The number of oxazole rings is 1. The fraction of sp³-hybridized carbons (Fsp3) is 0.214. The van der Waals surface area contributed by atoms with E-state index in [4.69, 9.17) is 12.3 Å². The SMILES string of the molecule is [B]c1oc(C(O)CC=C)nc1-c1ccc(C(F)(F)F)cc1. The lowest BCUT2D eigenvalue weighted by molar-refractivity contribution is -0.137. The van der Waals surface area contributed by atoms with E-state index in [1.54, 1.807) is 0 Å². The number of hydrogen-bond donors (Lipinski definition) is 1. The average molecular weight is 293 g/mol. The second-order valence-electron chi connectivity index (χ2n) is 4.38. The summed E-state index contributed by atoms with van der Waals surface area (Å²) in [5.41, 5.74) is -0.253. The molecule has 0 fully saturated rings. The first-order valence-corrected chi connectivity index (χ1v) is 6.05. The molecule has 1 unspecified atom stereocenters. The second kappa shape index (κ2) is 5.77. The third-order valence-corrected chi connectivity index (χ3v) is 2.83. The van der Waals surface area contributed by atoms with Gasteiger partial charge in [-0.2, -0.15) is 13.2 Å². The highest BCUT2D eigenvalue weighted by atomic mass is 19.4. The normalized spacial score (nSPS) is 13.1. The molecule has 0 bridgehead atoms. The average Bonchev–Trinajstić information content (AvgIpc) is 2.80. The number of halogens is 3. The van der Waals surface area contributed by atoms with Crippen LogP contribution in [0.2, 0.25) is 0 Å². The van der Waals surface area contributed by atoms with E-state index in [1.165, 1.54) is 18.2 Å². The van der Waals surface area contributed by atoms with E-state index < -0.39 is 17.8 Å². The Labute approximate surface area is 120 Å². The van der Waals surface area contributed by atoms with E-state index in [0.717, 1.165) is 12.1 Å². The van der Waals surface area contributed by atoms with Crippen molar-refractivity contribution < 1.29 is 22.7 Å². The Morgan fingerprint density at radius 3 is 2.48 bits per heavy atom. The first-order valence-electron chi connectivity index (χ1n) is 6.05. The standard InChI is InChI=1S/C14H11BF3NO2/c1-2-3-10(20)13-19-11(12(15)21-13)8-4-6-9(7-5-8)14(16,17)18/h2,4-7,10,20H,1,3H2. The maximum atomic E-state index is 12.5. The van der Waals surface area contributed by atoms with Crippen LogP contribution < -0.4 is 5.66 Å². The molecule has 7 heteroatoms. The van der Waals surface area contributed by atoms with Crippen LogP contribution in [0.15, 0.2) is 41.3 Å². The Balaban J connectivity index is 2.32. The molecule has 0 saturated carbocycles. The summed E-state index contributed by atoms with van der Waals surface area (Å²) in [4.78, 5) is 4.02. The monoisotopic (exact) mass is 293 g/mol. The molecule has 1 N–H and O–H groups in total. The van der Waals surface area contributed by atoms with Crippen molar-refractivity contribution in [2.75, 3.05) is 0 Å². The molecular weight excluding hydrogens is 282 g/mol.